The molecule has 1 amide bonds. The summed E-state index contributed by atoms with van der Waals surface area (Å²) >= 11 is 0. The van der Waals surface area contributed by atoms with E-state index in [9.17, 15) is 4.79 Å². The first-order valence-electron chi connectivity index (χ1n) is 14.8. The lowest BCUT2D eigenvalue weighted by Gasteiger charge is -2.32. The molecule has 8 heteroatoms. The van der Waals surface area contributed by atoms with Crippen molar-refractivity contribution in [2.45, 2.75) is 44.8 Å². The van der Waals surface area contributed by atoms with Crippen LogP contribution in [0.25, 0.3) is 17.2 Å². The molecule has 1 N–H and O–H groups in total. The number of hydrogen-bond donors (Lipinski definition) is 1. The number of amides is 1. The monoisotopic (exact) mass is 566 g/mol. The number of anilines is 1. The van der Waals surface area contributed by atoms with Gasteiger partial charge in [0.05, 0.1) is 24.4 Å². The maximum atomic E-state index is 13.0. The molecule has 218 valence electrons. The Morgan fingerprint density at radius 3 is 2.07 bits per heavy atom. The zero-order chi connectivity index (χ0) is 29.3. The minimum Gasteiger partial charge on any atom is -0.449 e. The van der Waals surface area contributed by atoms with Crippen LogP contribution < -0.4 is 10.2 Å². The van der Waals surface area contributed by atoms with Gasteiger partial charge < -0.3 is 29.0 Å². The smallest absolute Gasteiger partial charge is 0.449 e. The van der Waals surface area contributed by atoms with E-state index in [2.05, 4.69) is 58.7 Å². The van der Waals surface area contributed by atoms with Crippen LogP contribution >= 0.6 is 0 Å². The zero-order valence-corrected chi connectivity index (χ0v) is 24.9. The van der Waals surface area contributed by atoms with Crippen molar-refractivity contribution >= 4 is 25.0 Å². The van der Waals surface area contributed by atoms with Crippen molar-refractivity contribution in [1.82, 2.24) is 5.32 Å². The average Bonchev–Trinajstić information content (AvgIpc) is 3.43. The highest BCUT2D eigenvalue weighted by Gasteiger charge is 2.52. The van der Waals surface area contributed by atoms with Gasteiger partial charge in [0.15, 0.2) is 0 Å². The quantitative estimate of drug-likeness (QED) is 0.350. The summed E-state index contributed by atoms with van der Waals surface area (Å²) in [5, 5.41) is 2.96. The molecule has 42 heavy (non-hydrogen) atoms. The predicted octanol–water partition coefficient (Wildman–Crippen LogP) is 6.08. The molecule has 0 spiro atoms. The number of alkyl carbamates (subject to hydrolysis) is 1. The van der Waals surface area contributed by atoms with Gasteiger partial charge in [-0.05, 0) is 73.1 Å². The minimum absolute atomic E-state index is 0.00578. The first kappa shape index (κ1) is 28.5. The fourth-order valence-corrected chi connectivity index (χ4v) is 5.84. The van der Waals surface area contributed by atoms with E-state index in [1.54, 1.807) is 0 Å². The highest BCUT2D eigenvalue weighted by Crippen LogP contribution is 2.44. The van der Waals surface area contributed by atoms with E-state index in [0.717, 1.165) is 37.3 Å². The molecule has 0 saturated carbocycles. The summed E-state index contributed by atoms with van der Waals surface area (Å²) in [7, 11) is -0.595. The highest BCUT2D eigenvalue weighted by atomic mass is 16.7. The lowest BCUT2D eigenvalue weighted by Crippen LogP contribution is -2.41. The second kappa shape index (κ2) is 11.6. The third kappa shape index (κ3) is 5.71. The van der Waals surface area contributed by atoms with Gasteiger partial charge in [0.25, 0.3) is 0 Å². The summed E-state index contributed by atoms with van der Waals surface area (Å²) < 4.78 is 24.0. The molecule has 2 fully saturated rings. The summed E-state index contributed by atoms with van der Waals surface area (Å²) in [4.78, 5) is 15.3. The van der Waals surface area contributed by atoms with Gasteiger partial charge in [-0.1, -0.05) is 66.7 Å². The number of ether oxygens (including phenoxy) is 2. The normalized spacial score (nSPS) is 19.4. The van der Waals surface area contributed by atoms with Gasteiger partial charge in [-0.2, -0.15) is 0 Å². The third-order valence-corrected chi connectivity index (χ3v) is 8.96. The molecule has 0 bridgehead atoms. The Morgan fingerprint density at radius 2 is 1.48 bits per heavy atom. The van der Waals surface area contributed by atoms with Crippen molar-refractivity contribution in [3.8, 4) is 11.1 Å². The largest absolute Gasteiger partial charge is 0.492 e. The second-order valence-corrected chi connectivity index (χ2v) is 12.2. The van der Waals surface area contributed by atoms with Gasteiger partial charge in [-0.3, -0.25) is 0 Å². The molecule has 2 saturated heterocycles. The van der Waals surface area contributed by atoms with E-state index in [1.165, 1.54) is 27.9 Å². The number of rotatable bonds is 7. The van der Waals surface area contributed by atoms with Crippen LogP contribution in [0.15, 0.2) is 78.3 Å². The summed E-state index contributed by atoms with van der Waals surface area (Å²) in [6.07, 6.45) is 1.57. The fourth-order valence-electron chi connectivity index (χ4n) is 5.84. The topological polar surface area (TPSA) is 69.3 Å². The van der Waals surface area contributed by atoms with E-state index in [4.69, 9.17) is 18.8 Å². The fraction of sp³-hybridized carbons (Fsp3) is 0.382. The van der Waals surface area contributed by atoms with E-state index in [1.807, 2.05) is 58.0 Å². The molecule has 3 aromatic rings. The molecule has 3 aliphatic rings. The number of hydrogen-bond acceptors (Lipinski definition) is 6. The number of carbonyl (C=O) groups excluding carboxylic acids is 1. The number of nitrogens with zero attached hydrogens (tertiary/aromatic N) is 1. The van der Waals surface area contributed by atoms with Crippen molar-refractivity contribution in [1.29, 1.82) is 0 Å². The van der Waals surface area contributed by atoms with Crippen LogP contribution in [0.5, 0.6) is 0 Å². The van der Waals surface area contributed by atoms with Crippen molar-refractivity contribution in [2.24, 2.45) is 0 Å². The van der Waals surface area contributed by atoms with Crippen LogP contribution in [0.1, 0.15) is 50.3 Å². The molecule has 0 aromatic heterocycles. The molecular weight excluding hydrogens is 527 g/mol. The van der Waals surface area contributed by atoms with Gasteiger partial charge in [0.2, 0.25) is 0 Å². The molecule has 6 rings (SSSR count). The number of fused-ring (bicyclic) bond motifs is 3. The van der Waals surface area contributed by atoms with E-state index < -0.39 is 24.4 Å². The summed E-state index contributed by atoms with van der Waals surface area (Å²) in [6, 6.07) is 25.1. The molecular formula is C34H39BN2O5. The van der Waals surface area contributed by atoms with Gasteiger partial charge in [-0.25, -0.2) is 4.79 Å². The summed E-state index contributed by atoms with van der Waals surface area (Å²) in [5.41, 5.74) is 6.77. The predicted molar refractivity (Wildman–Crippen MR) is 167 cm³/mol. The van der Waals surface area contributed by atoms with Crippen LogP contribution in [-0.4, -0.2) is 63.9 Å². The van der Waals surface area contributed by atoms with Gasteiger partial charge in [0.1, 0.15) is 6.61 Å². The Morgan fingerprint density at radius 1 is 0.905 bits per heavy atom. The van der Waals surface area contributed by atoms with Gasteiger partial charge in [0, 0.05) is 31.2 Å². The van der Waals surface area contributed by atoms with Gasteiger partial charge in [-0.15, -0.1) is 0 Å². The van der Waals surface area contributed by atoms with Crippen LogP contribution in [-0.2, 0) is 18.8 Å². The second-order valence-electron chi connectivity index (χ2n) is 12.2. The van der Waals surface area contributed by atoms with Gasteiger partial charge >= 0.3 is 13.2 Å². The maximum absolute atomic E-state index is 13.0. The van der Waals surface area contributed by atoms with Crippen LogP contribution in [0.4, 0.5) is 10.5 Å². The van der Waals surface area contributed by atoms with E-state index in [-0.39, 0.29) is 19.1 Å². The first-order valence-corrected chi connectivity index (χ1v) is 14.8. The molecule has 3 aromatic carbocycles. The Hall–Kier alpha value is -3.59. The highest BCUT2D eigenvalue weighted by molar-refractivity contribution is 6.56. The minimum atomic E-state index is -0.595. The SMILES string of the molecule is CC1(C)OB(C(=Cc2ccc(N3CCOCC3)cc2)CNC(=O)OCC2c3ccccc3-c3ccccc32)OC1(C)C. The number of carbonyl (C=O) groups is 1. The molecule has 2 heterocycles. The summed E-state index contributed by atoms with van der Waals surface area (Å²) in [6.45, 7) is 11.9. The van der Waals surface area contributed by atoms with E-state index in [0.29, 0.717) is 0 Å². The molecule has 0 atom stereocenters. The Balaban J connectivity index is 1.15. The first-order chi connectivity index (χ1) is 20.2. The van der Waals surface area contributed by atoms with Crippen molar-refractivity contribution in [3.05, 3.63) is 95.0 Å². The average molecular weight is 567 g/mol. The van der Waals surface area contributed by atoms with Crippen molar-refractivity contribution < 1.29 is 23.6 Å². The maximum Gasteiger partial charge on any atom is 0.492 e. The molecule has 0 radical (unpaired) electrons. The molecule has 7 nitrogen and oxygen atoms in total. The molecule has 1 aliphatic carbocycles. The molecule has 0 unspecified atom stereocenters. The van der Waals surface area contributed by atoms with E-state index >= 15 is 0 Å². The number of nitrogens with one attached hydrogen (secondary N) is 1. The Labute approximate surface area is 248 Å². The lowest BCUT2D eigenvalue weighted by molar-refractivity contribution is 0.00578. The van der Waals surface area contributed by atoms with Crippen LogP contribution in [0, 0.1) is 0 Å². The molecule has 2 aliphatic heterocycles. The van der Waals surface area contributed by atoms with Crippen LogP contribution in [0.2, 0.25) is 0 Å². The zero-order valence-electron chi connectivity index (χ0n) is 24.9. The third-order valence-electron chi connectivity index (χ3n) is 8.96. The van der Waals surface area contributed by atoms with Crippen molar-refractivity contribution in [2.75, 3.05) is 44.4 Å². The Bertz CT molecular complexity index is 1400. The number of morpholine rings is 1. The Kier molecular flexibility index (Phi) is 7.88. The van der Waals surface area contributed by atoms with Crippen LogP contribution in [0.3, 0.4) is 0 Å². The summed E-state index contributed by atoms with van der Waals surface area (Å²) in [5.74, 6) is 0.00578. The standard InChI is InChI=1S/C34H39BN2O5/c1-33(2)34(3,4)42-35(41-33)25(21-24-13-15-26(16-14-24)37-17-19-39-20-18-37)22-36-32(38)40-23-31-29-11-7-5-9-27(29)28-10-6-8-12-30(28)31/h5-16,21,31H,17-20,22-23H2,1-4H3,(H,36,38). The lowest BCUT2D eigenvalue weighted by atomic mass is 9.77. The number of benzene rings is 3. The van der Waals surface area contributed by atoms with Crippen molar-refractivity contribution in [3.63, 3.8) is 0 Å².